The molecule has 0 saturated carbocycles. The first-order valence-electron chi connectivity index (χ1n) is 4.73. The van der Waals surface area contributed by atoms with Crippen molar-refractivity contribution in [1.82, 2.24) is 14.1 Å². The summed E-state index contributed by atoms with van der Waals surface area (Å²) in [6.07, 6.45) is 5.87. The molecular weight excluding hydrogens is 226 g/mol. The van der Waals surface area contributed by atoms with Crippen LogP contribution < -0.4 is 0 Å². The van der Waals surface area contributed by atoms with Crippen LogP contribution in [0.1, 0.15) is 0 Å². The molecule has 1 aromatic rings. The van der Waals surface area contributed by atoms with E-state index in [9.17, 15) is 8.42 Å². The fraction of sp³-hybridized carbons (Fsp3) is 0.300. The van der Waals surface area contributed by atoms with Crippen LogP contribution in [0, 0.1) is 0 Å². The Morgan fingerprint density at radius 1 is 1.44 bits per heavy atom. The monoisotopic (exact) mass is 241 g/mol. The molecule has 1 rings (SSSR count). The van der Waals surface area contributed by atoms with E-state index < -0.39 is 10.0 Å². The predicted octanol–water partition coefficient (Wildman–Crippen LogP) is 0.783. The Morgan fingerprint density at radius 2 is 2.00 bits per heavy atom. The lowest BCUT2D eigenvalue weighted by Gasteiger charge is -2.17. The molecule has 0 aliphatic carbocycles. The highest BCUT2D eigenvalue weighted by Crippen LogP contribution is 2.14. The van der Waals surface area contributed by atoms with Crippen molar-refractivity contribution in [2.24, 2.45) is 7.05 Å². The van der Waals surface area contributed by atoms with Gasteiger partial charge in [0.1, 0.15) is 4.90 Å². The van der Waals surface area contributed by atoms with Crippen molar-refractivity contribution >= 4 is 10.0 Å². The van der Waals surface area contributed by atoms with E-state index in [0.29, 0.717) is 0 Å². The summed E-state index contributed by atoms with van der Waals surface area (Å²) in [5.74, 6) is 0. The van der Waals surface area contributed by atoms with E-state index in [-0.39, 0.29) is 18.0 Å². The Hall–Kier alpha value is -1.40. The summed E-state index contributed by atoms with van der Waals surface area (Å²) in [6, 6.07) is 0. The molecule has 0 radical (unpaired) electrons. The summed E-state index contributed by atoms with van der Waals surface area (Å²) in [6.45, 7) is 7.57. The minimum absolute atomic E-state index is 0.179. The first-order chi connectivity index (χ1) is 7.52. The molecule has 1 aromatic heterocycles. The van der Waals surface area contributed by atoms with Crippen LogP contribution in [-0.2, 0) is 17.1 Å². The van der Waals surface area contributed by atoms with E-state index in [1.165, 1.54) is 33.5 Å². The van der Waals surface area contributed by atoms with Gasteiger partial charge in [-0.25, -0.2) is 8.42 Å². The average molecular weight is 241 g/mol. The van der Waals surface area contributed by atoms with Crippen LogP contribution in [0.15, 0.2) is 42.6 Å². The Morgan fingerprint density at radius 3 is 2.38 bits per heavy atom. The van der Waals surface area contributed by atoms with Gasteiger partial charge in [0.05, 0.1) is 6.20 Å². The highest BCUT2D eigenvalue weighted by atomic mass is 32.2. The van der Waals surface area contributed by atoms with Crippen LogP contribution >= 0.6 is 0 Å². The lowest BCUT2D eigenvalue weighted by Crippen LogP contribution is -2.31. The third-order valence-electron chi connectivity index (χ3n) is 1.98. The molecule has 0 fully saturated rings. The Bertz CT molecular complexity index is 466. The van der Waals surface area contributed by atoms with Gasteiger partial charge in [0.2, 0.25) is 10.0 Å². The van der Waals surface area contributed by atoms with Crippen LogP contribution in [-0.4, -0.2) is 35.6 Å². The second kappa shape index (κ2) is 5.09. The minimum Gasteiger partial charge on any atom is -0.274 e. The van der Waals surface area contributed by atoms with Crippen molar-refractivity contribution in [1.29, 1.82) is 0 Å². The van der Waals surface area contributed by atoms with Gasteiger partial charge in [0, 0.05) is 26.3 Å². The largest absolute Gasteiger partial charge is 0.274 e. The molecule has 0 aliphatic heterocycles. The maximum atomic E-state index is 12.1. The number of rotatable bonds is 6. The van der Waals surface area contributed by atoms with E-state index in [1.54, 1.807) is 7.05 Å². The lowest BCUT2D eigenvalue weighted by atomic mass is 10.5. The van der Waals surface area contributed by atoms with Gasteiger partial charge in [-0.05, 0) is 0 Å². The van der Waals surface area contributed by atoms with E-state index in [4.69, 9.17) is 0 Å². The van der Waals surface area contributed by atoms with Crippen molar-refractivity contribution in [2.75, 3.05) is 13.1 Å². The third kappa shape index (κ3) is 2.59. The van der Waals surface area contributed by atoms with E-state index in [1.807, 2.05) is 0 Å². The third-order valence-corrected chi connectivity index (χ3v) is 3.77. The minimum atomic E-state index is -3.50. The zero-order valence-electron chi connectivity index (χ0n) is 9.20. The summed E-state index contributed by atoms with van der Waals surface area (Å²) in [4.78, 5) is 0.179. The van der Waals surface area contributed by atoms with Crippen LogP contribution in [0.2, 0.25) is 0 Å². The standard InChI is InChI=1S/C10H15N3O2S/c1-4-6-13(7-5-2)16(14,15)10-8-11-12(3)9-10/h4-5,8-9H,1-2,6-7H2,3H3. The van der Waals surface area contributed by atoms with Crippen LogP contribution in [0.5, 0.6) is 0 Å². The molecule has 0 amide bonds. The predicted molar refractivity (Wildman–Crippen MR) is 62.4 cm³/mol. The molecule has 88 valence electrons. The van der Waals surface area contributed by atoms with Crippen molar-refractivity contribution in [3.05, 3.63) is 37.7 Å². The molecule has 5 nitrogen and oxygen atoms in total. The van der Waals surface area contributed by atoms with Crippen LogP contribution in [0.3, 0.4) is 0 Å². The zero-order valence-corrected chi connectivity index (χ0v) is 10.0. The second-order valence-electron chi connectivity index (χ2n) is 3.25. The molecule has 0 aliphatic rings. The van der Waals surface area contributed by atoms with Gasteiger partial charge in [-0.1, -0.05) is 12.2 Å². The topological polar surface area (TPSA) is 55.2 Å². The smallest absolute Gasteiger partial charge is 0.246 e. The van der Waals surface area contributed by atoms with Crippen molar-refractivity contribution < 1.29 is 8.42 Å². The summed E-state index contributed by atoms with van der Waals surface area (Å²) in [5.41, 5.74) is 0. The van der Waals surface area contributed by atoms with Gasteiger partial charge in [0.25, 0.3) is 0 Å². The van der Waals surface area contributed by atoms with Gasteiger partial charge in [-0.15, -0.1) is 13.2 Å². The van der Waals surface area contributed by atoms with Gasteiger partial charge in [-0.2, -0.15) is 9.40 Å². The van der Waals surface area contributed by atoms with E-state index >= 15 is 0 Å². The van der Waals surface area contributed by atoms with Crippen molar-refractivity contribution in [3.63, 3.8) is 0 Å². The normalized spacial score (nSPS) is 11.6. The summed E-state index contributed by atoms with van der Waals surface area (Å²) >= 11 is 0. The van der Waals surface area contributed by atoms with Gasteiger partial charge >= 0.3 is 0 Å². The van der Waals surface area contributed by atoms with Crippen molar-refractivity contribution in [3.8, 4) is 0 Å². The first kappa shape index (κ1) is 12.7. The quantitative estimate of drug-likeness (QED) is 0.692. The molecule has 0 spiro atoms. The molecular formula is C10H15N3O2S. The number of hydrogen-bond acceptors (Lipinski definition) is 3. The molecule has 0 bridgehead atoms. The lowest BCUT2D eigenvalue weighted by molar-refractivity contribution is 0.474. The van der Waals surface area contributed by atoms with Gasteiger partial charge in [0.15, 0.2) is 0 Å². The van der Waals surface area contributed by atoms with E-state index in [0.717, 1.165) is 0 Å². The van der Waals surface area contributed by atoms with Crippen LogP contribution in [0.4, 0.5) is 0 Å². The van der Waals surface area contributed by atoms with Gasteiger partial charge in [-0.3, -0.25) is 4.68 Å². The number of aryl methyl sites for hydroxylation is 1. The Balaban J connectivity index is 3.06. The number of hydrogen-bond donors (Lipinski definition) is 0. The fourth-order valence-corrected chi connectivity index (χ4v) is 2.61. The Kier molecular flexibility index (Phi) is 4.03. The molecule has 6 heteroatoms. The average Bonchev–Trinajstić information content (AvgIpc) is 2.65. The highest BCUT2D eigenvalue weighted by Gasteiger charge is 2.23. The second-order valence-corrected chi connectivity index (χ2v) is 5.19. The molecule has 1 heterocycles. The summed E-state index contributed by atoms with van der Waals surface area (Å²) < 4.78 is 26.9. The number of nitrogens with zero attached hydrogens (tertiary/aromatic N) is 3. The van der Waals surface area contributed by atoms with Crippen molar-refractivity contribution in [2.45, 2.75) is 4.90 Å². The Labute approximate surface area is 95.7 Å². The van der Waals surface area contributed by atoms with Crippen LogP contribution in [0.25, 0.3) is 0 Å². The molecule has 0 atom stereocenters. The maximum Gasteiger partial charge on any atom is 0.246 e. The zero-order chi connectivity index (χ0) is 12.2. The summed E-state index contributed by atoms with van der Waals surface area (Å²) in [5, 5.41) is 3.84. The SMILES string of the molecule is C=CCN(CC=C)S(=O)(=O)c1cnn(C)c1. The number of aromatic nitrogens is 2. The molecule has 0 N–H and O–H groups in total. The molecule has 16 heavy (non-hydrogen) atoms. The highest BCUT2D eigenvalue weighted by molar-refractivity contribution is 7.89. The molecule has 0 aromatic carbocycles. The maximum absolute atomic E-state index is 12.1. The molecule has 0 saturated heterocycles. The van der Waals surface area contributed by atoms with E-state index in [2.05, 4.69) is 18.3 Å². The molecule has 0 unspecified atom stereocenters. The number of sulfonamides is 1. The van der Waals surface area contributed by atoms with Gasteiger partial charge < -0.3 is 0 Å². The first-order valence-corrected chi connectivity index (χ1v) is 6.17. The fourth-order valence-electron chi connectivity index (χ4n) is 1.24. The summed E-state index contributed by atoms with van der Waals surface area (Å²) in [7, 11) is -1.83.